The molecule has 0 heterocycles. The van der Waals surface area contributed by atoms with Crippen molar-refractivity contribution in [2.45, 2.75) is 13.0 Å². The molecule has 0 radical (unpaired) electrons. The van der Waals surface area contributed by atoms with Gasteiger partial charge in [-0.25, -0.2) is 0 Å². The van der Waals surface area contributed by atoms with Gasteiger partial charge < -0.3 is 10.4 Å². The third-order valence-corrected chi connectivity index (χ3v) is 1.64. The fourth-order valence-corrected chi connectivity index (χ4v) is 0.531. The van der Waals surface area contributed by atoms with Gasteiger partial charge >= 0.3 is 5.97 Å². The van der Waals surface area contributed by atoms with E-state index in [1.54, 1.807) is 0 Å². The summed E-state index contributed by atoms with van der Waals surface area (Å²) < 4.78 is 0. The van der Waals surface area contributed by atoms with Crippen LogP contribution in [-0.2, 0) is 9.59 Å². The molecule has 2 N–H and O–H groups in total. The molecular weight excluding hydrogens is 205 g/mol. The minimum absolute atomic E-state index is 0.246. The van der Waals surface area contributed by atoms with Crippen molar-refractivity contribution >= 4 is 35.1 Å². The highest BCUT2D eigenvalue weighted by atomic mass is 35.5. The van der Waals surface area contributed by atoms with Crippen molar-refractivity contribution < 1.29 is 14.7 Å². The van der Waals surface area contributed by atoms with E-state index in [2.05, 4.69) is 5.32 Å². The number of aliphatic carboxylic acids is 1. The van der Waals surface area contributed by atoms with E-state index in [0.29, 0.717) is 0 Å². The van der Waals surface area contributed by atoms with Crippen LogP contribution in [0.25, 0.3) is 0 Å². The zero-order valence-electron chi connectivity index (χ0n) is 6.17. The molecule has 0 saturated carbocycles. The van der Waals surface area contributed by atoms with Gasteiger partial charge in [-0.2, -0.15) is 0 Å². The molecule has 0 fully saturated rings. The molecule has 1 unspecified atom stereocenters. The molecule has 0 aromatic rings. The molecule has 12 heavy (non-hydrogen) atoms. The van der Waals surface area contributed by atoms with Gasteiger partial charge in [-0.1, -0.05) is 23.2 Å². The van der Waals surface area contributed by atoms with E-state index >= 15 is 0 Å². The van der Waals surface area contributed by atoms with Crippen molar-refractivity contribution in [3.63, 3.8) is 0 Å². The predicted molar refractivity (Wildman–Crippen MR) is 45.0 cm³/mol. The monoisotopic (exact) mass is 211 g/mol. The second kappa shape index (κ2) is 5.00. The summed E-state index contributed by atoms with van der Waals surface area (Å²) in [6, 6.07) is -0.983. The number of carbonyl (C=O) groups is 2. The quantitative estimate of drug-likeness (QED) is 0.682. The lowest BCUT2D eigenvalue weighted by atomic mass is 10.3. The van der Waals surface area contributed by atoms with Crippen molar-refractivity contribution in [3.05, 3.63) is 10.6 Å². The lowest BCUT2D eigenvalue weighted by Gasteiger charge is -2.07. The fraction of sp³-hybridized carbons (Fsp3) is 0.333. The van der Waals surface area contributed by atoms with Crippen LogP contribution in [-0.4, -0.2) is 23.0 Å². The zero-order valence-corrected chi connectivity index (χ0v) is 7.69. The molecule has 0 bridgehead atoms. The maximum Gasteiger partial charge on any atom is 0.325 e. The average molecular weight is 212 g/mol. The summed E-state index contributed by atoms with van der Waals surface area (Å²) >= 11 is 10.4. The number of carbonyl (C=O) groups excluding carboxylic acids is 1. The summed E-state index contributed by atoms with van der Waals surface area (Å²) in [4.78, 5) is 21.1. The Bertz CT molecular complexity index is 227. The molecule has 4 nitrogen and oxygen atoms in total. The van der Waals surface area contributed by atoms with Crippen LogP contribution in [0.3, 0.4) is 0 Å². The molecule has 1 atom stereocenters. The van der Waals surface area contributed by atoms with Crippen LogP contribution in [0.4, 0.5) is 0 Å². The summed E-state index contributed by atoms with van der Waals surface area (Å²) in [5.41, 5.74) is 0.867. The number of halogens is 2. The maximum atomic E-state index is 10.8. The Hall–Kier alpha value is -0.740. The normalized spacial score (nSPS) is 13.8. The van der Waals surface area contributed by atoms with E-state index in [1.807, 2.05) is 0 Å². The van der Waals surface area contributed by atoms with Crippen LogP contribution in [0.5, 0.6) is 0 Å². The number of carboxylic acid groups (broad SMARTS) is 1. The van der Waals surface area contributed by atoms with Crippen LogP contribution in [0.2, 0.25) is 0 Å². The third-order valence-electron chi connectivity index (χ3n) is 1.03. The largest absolute Gasteiger partial charge is 0.480 e. The Labute approximate surface area is 79.1 Å². The zero-order chi connectivity index (χ0) is 9.72. The van der Waals surface area contributed by atoms with Crippen molar-refractivity contribution in [1.82, 2.24) is 5.32 Å². The van der Waals surface area contributed by atoms with E-state index in [9.17, 15) is 9.59 Å². The van der Waals surface area contributed by atoms with Crippen LogP contribution >= 0.6 is 23.2 Å². The van der Waals surface area contributed by atoms with Gasteiger partial charge in [0.25, 0.3) is 5.91 Å². The molecule has 1 amide bonds. The van der Waals surface area contributed by atoms with Crippen molar-refractivity contribution in [1.29, 1.82) is 0 Å². The Morgan fingerprint density at radius 1 is 1.58 bits per heavy atom. The molecule has 0 aromatic heterocycles. The van der Waals surface area contributed by atoms with E-state index in [0.717, 1.165) is 5.54 Å². The van der Waals surface area contributed by atoms with Gasteiger partial charge in [0, 0.05) is 5.54 Å². The lowest BCUT2D eigenvalue weighted by Crippen LogP contribution is -2.38. The van der Waals surface area contributed by atoms with Crippen LogP contribution in [0.1, 0.15) is 6.92 Å². The lowest BCUT2D eigenvalue weighted by molar-refractivity contribution is -0.140. The number of amides is 1. The molecule has 68 valence electrons. The van der Waals surface area contributed by atoms with Crippen molar-refractivity contribution in [3.8, 4) is 0 Å². The second-order valence-electron chi connectivity index (χ2n) is 1.99. The van der Waals surface area contributed by atoms with Gasteiger partial charge in [0.1, 0.15) is 11.1 Å². The topological polar surface area (TPSA) is 66.4 Å². The van der Waals surface area contributed by atoms with Crippen LogP contribution < -0.4 is 5.32 Å². The van der Waals surface area contributed by atoms with E-state index in [4.69, 9.17) is 28.3 Å². The number of nitrogens with one attached hydrogen (secondary N) is 1. The van der Waals surface area contributed by atoms with Crippen molar-refractivity contribution in [2.75, 3.05) is 0 Å². The van der Waals surface area contributed by atoms with E-state index in [-0.39, 0.29) is 5.03 Å². The first-order valence-electron chi connectivity index (χ1n) is 2.98. The molecule has 0 aliphatic carbocycles. The highest BCUT2D eigenvalue weighted by Crippen LogP contribution is 2.02. The van der Waals surface area contributed by atoms with Gasteiger partial charge in [0.05, 0.1) is 0 Å². The highest BCUT2D eigenvalue weighted by molar-refractivity contribution is 6.46. The minimum Gasteiger partial charge on any atom is -0.480 e. The molecule has 0 saturated heterocycles. The molecule has 0 spiro atoms. The van der Waals surface area contributed by atoms with Gasteiger partial charge in [0.15, 0.2) is 0 Å². The van der Waals surface area contributed by atoms with Gasteiger partial charge in [0.2, 0.25) is 0 Å². The number of hydrogen-bond donors (Lipinski definition) is 2. The van der Waals surface area contributed by atoms with Gasteiger partial charge in [-0.15, -0.1) is 0 Å². The minimum atomic E-state index is -1.14. The SMILES string of the molecule is CC(NC(=O)/C(Cl)=C/Cl)C(=O)O. The maximum absolute atomic E-state index is 10.8. The number of hydrogen-bond acceptors (Lipinski definition) is 2. The Morgan fingerprint density at radius 2 is 2.08 bits per heavy atom. The van der Waals surface area contributed by atoms with E-state index in [1.165, 1.54) is 6.92 Å². The second-order valence-corrected chi connectivity index (χ2v) is 2.62. The third kappa shape index (κ3) is 3.59. The molecule has 0 aromatic carbocycles. The van der Waals surface area contributed by atoms with Gasteiger partial charge in [-0.3, -0.25) is 9.59 Å². The smallest absolute Gasteiger partial charge is 0.325 e. The molecule has 6 heteroatoms. The molecule has 0 aliphatic heterocycles. The summed E-state index contributed by atoms with van der Waals surface area (Å²) in [6.45, 7) is 1.32. The Kier molecular flexibility index (Phi) is 4.70. The van der Waals surface area contributed by atoms with Crippen LogP contribution in [0, 0.1) is 0 Å². The summed E-state index contributed by atoms with van der Waals surface area (Å²) in [6.07, 6.45) is 0. The first kappa shape index (κ1) is 11.3. The standard InChI is InChI=1S/C6H7Cl2NO3/c1-3(6(11)12)9-5(10)4(8)2-7/h2-3H,1H3,(H,9,10)(H,11,12)/b4-2-. The predicted octanol–water partition coefficient (Wildman–Crippen LogP) is 0.895. The first-order chi connectivity index (χ1) is 5.49. The first-order valence-corrected chi connectivity index (χ1v) is 3.80. The van der Waals surface area contributed by atoms with Crippen LogP contribution in [0.15, 0.2) is 10.6 Å². The molecule has 0 rings (SSSR count). The van der Waals surface area contributed by atoms with Crippen molar-refractivity contribution in [2.24, 2.45) is 0 Å². The summed E-state index contributed by atoms with van der Waals surface area (Å²) in [5.74, 6) is -1.84. The Morgan fingerprint density at radius 3 is 2.42 bits per heavy atom. The van der Waals surface area contributed by atoms with Gasteiger partial charge in [-0.05, 0) is 6.92 Å². The highest BCUT2D eigenvalue weighted by Gasteiger charge is 2.15. The average Bonchev–Trinajstić information content (AvgIpc) is 2.02. The number of carboxylic acids is 1. The fourth-order valence-electron chi connectivity index (χ4n) is 0.377. The number of rotatable bonds is 3. The molecule has 0 aliphatic rings. The molecular formula is C6H7Cl2NO3. The summed E-state index contributed by atoms with van der Waals surface area (Å²) in [7, 11) is 0. The summed E-state index contributed by atoms with van der Waals surface area (Å²) in [5, 5.41) is 10.2. The Balaban J connectivity index is 4.11. The van der Waals surface area contributed by atoms with E-state index < -0.39 is 17.9 Å².